The minimum absolute atomic E-state index is 0.00386. The minimum atomic E-state index is -0.630. The van der Waals surface area contributed by atoms with Crippen LogP contribution in [0.15, 0.2) is 72.8 Å². The Morgan fingerprint density at radius 2 is 1.83 bits per heavy atom. The lowest BCUT2D eigenvalue weighted by molar-refractivity contribution is -0.124. The van der Waals surface area contributed by atoms with Crippen LogP contribution in [-0.4, -0.2) is 43.1 Å². The number of hydrogen-bond donors (Lipinski definition) is 1. The van der Waals surface area contributed by atoms with Crippen molar-refractivity contribution in [2.45, 2.75) is 37.5 Å². The number of nitrogens with zero attached hydrogens (tertiary/aromatic N) is 1. The summed E-state index contributed by atoms with van der Waals surface area (Å²) in [6.07, 6.45) is 1.91. The van der Waals surface area contributed by atoms with Crippen molar-refractivity contribution in [1.29, 1.82) is 0 Å². The van der Waals surface area contributed by atoms with Gasteiger partial charge in [-0.05, 0) is 59.9 Å². The van der Waals surface area contributed by atoms with Crippen LogP contribution in [0.3, 0.4) is 0 Å². The second kappa shape index (κ2) is 10.5. The van der Waals surface area contributed by atoms with E-state index in [1.807, 2.05) is 42.5 Å². The number of amides is 2. The fraction of sp³-hybridized carbons (Fsp3) is 0.310. The third-order valence-electron chi connectivity index (χ3n) is 6.97. The van der Waals surface area contributed by atoms with Gasteiger partial charge in [0.25, 0.3) is 5.91 Å². The van der Waals surface area contributed by atoms with E-state index >= 15 is 0 Å². The summed E-state index contributed by atoms with van der Waals surface area (Å²) in [6.45, 7) is 1.37. The molecule has 0 bridgehead atoms. The highest BCUT2D eigenvalue weighted by atomic mass is 19.1. The lowest BCUT2D eigenvalue weighted by atomic mass is 9.79. The highest BCUT2D eigenvalue weighted by molar-refractivity contribution is 6.01. The predicted octanol–water partition coefficient (Wildman–Crippen LogP) is 4.61. The van der Waals surface area contributed by atoms with Crippen LogP contribution in [0.25, 0.3) is 0 Å². The molecule has 0 saturated carbocycles. The van der Waals surface area contributed by atoms with E-state index in [0.717, 1.165) is 24.0 Å². The van der Waals surface area contributed by atoms with E-state index in [1.54, 1.807) is 30.2 Å². The Labute approximate surface area is 210 Å². The smallest absolute Gasteiger partial charge is 0.255 e. The number of methoxy groups -OCH3 is 1. The molecule has 2 aliphatic rings. The van der Waals surface area contributed by atoms with E-state index in [2.05, 4.69) is 5.32 Å². The van der Waals surface area contributed by atoms with E-state index in [9.17, 15) is 14.0 Å². The van der Waals surface area contributed by atoms with Gasteiger partial charge in [-0.3, -0.25) is 9.59 Å². The van der Waals surface area contributed by atoms with Crippen molar-refractivity contribution < 1.29 is 23.5 Å². The molecule has 3 aromatic carbocycles. The van der Waals surface area contributed by atoms with Crippen molar-refractivity contribution in [3.8, 4) is 5.75 Å². The summed E-state index contributed by atoms with van der Waals surface area (Å²) in [5, 5.41) is 3.09. The van der Waals surface area contributed by atoms with Crippen LogP contribution in [0.1, 0.15) is 51.8 Å². The van der Waals surface area contributed by atoms with Gasteiger partial charge < -0.3 is 19.7 Å². The predicted molar refractivity (Wildman–Crippen MR) is 133 cm³/mol. The van der Waals surface area contributed by atoms with Gasteiger partial charge in [0.2, 0.25) is 5.91 Å². The summed E-state index contributed by atoms with van der Waals surface area (Å²) in [7, 11) is 1.59. The highest BCUT2D eigenvalue weighted by Gasteiger charge is 2.44. The normalized spacial score (nSPS) is 21.2. The number of fused-ring (bicyclic) bond motifs is 1. The Bertz CT molecular complexity index is 1220. The monoisotopic (exact) mass is 488 g/mol. The van der Waals surface area contributed by atoms with Crippen LogP contribution in [0, 0.1) is 5.82 Å². The largest absolute Gasteiger partial charge is 0.497 e. The first-order chi connectivity index (χ1) is 17.5. The molecule has 3 atom stereocenters. The Balaban J connectivity index is 1.57. The summed E-state index contributed by atoms with van der Waals surface area (Å²) in [5.41, 5.74) is 2.80. The zero-order chi connectivity index (χ0) is 25.1. The van der Waals surface area contributed by atoms with Crippen molar-refractivity contribution in [2.24, 2.45) is 0 Å². The van der Waals surface area contributed by atoms with Gasteiger partial charge >= 0.3 is 0 Å². The Morgan fingerprint density at radius 3 is 2.53 bits per heavy atom. The van der Waals surface area contributed by atoms with Crippen molar-refractivity contribution in [2.75, 3.05) is 20.3 Å². The average Bonchev–Trinajstić information content (AvgIpc) is 3.44. The average molecular weight is 489 g/mol. The molecule has 0 unspecified atom stereocenters. The summed E-state index contributed by atoms with van der Waals surface area (Å²) in [4.78, 5) is 29.3. The molecule has 36 heavy (non-hydrogen) atoms. The second-order valence-corrected chi connectivity index (χ2v) is 9.22. The summed E-state index contributed by atoms with van der Waals surface area (Å²) in [5.74, 6) is -0.610. The molecule has 0 aliphatic carbocycles. The molecule has 2 heterocycles. The van der Waals surface area contributed by atoms with E-state index in [4.69, 9.17) is 9.47 Å². The molecule has 0 aromatic heterocycles. The Hall–Kier alpha value is -3.71. The molecule has 2 aliphatic heterocycles. The van der Waals surface area contributed by atoms with E-state index in [1.165, 1.54) is 12.1 Å². The number of carbonyl (C=O) groups is 2. The molecule has 6 nitrogen and oxygen atoms in total. The van der Waals surface area contributed by atoms with Crippen LogP contribution in [0.5, 0.6) is 5.75 Å². The number of hydrogen-bond acceptors (Lipinski definition) is 4. The third-order valence-corrected chi connectivity index (χ3v) is 6.97. The maximum Gasteiger partial charge on any atom is 0.255 e. The van der Waals surface area contributed by atoms with Crippen molar-refractivity contribution in [3.63, 3.8) is 0 Å². The van der Waals surface area contributed by atoms with Crippen molar-refractivity contribution >= 4 is 11.8 Å². The number of carbonyl (C=O) groups excluding carboxylic acids is 2. The van der Waals surface area contributed by atoms with Gasteiger partial charge in [0.1, 0.15) is 11.6 Å². The second-order valence-electron chi connectivity index (χ2n) is 9.22. The van der Waals surface area contributed by atoms with Crippen LogP contribution in [0.2, 0.25) is 0 Å². The molecule has 1 fully saturated rings. The number of halogens is 1. The quantitative estimate of drug-likeness (QED) is 0.528. The topological polar surface area (TPSA) is 67.9 Å². The molecule has 3 aromatic rings. The zero-order valence-electron chi connectivity index (χ0n) is 20.2. The van der Waals surface area contributed by atoms with Crippen LogP contribution < -0.4 is 10.1 Å². The molecule has 0 radical (unpaired) electrons. The van der Waals surface area contributed by atoms with Crippen LogP contribution >= 0.6 is 0 Å². The van der Waals surface area contributed by atoms with Gasteiger partial charge in [-0.25, -0.2) is 4.39 Å². The molecule has 186 valence electrons. The number of benzene rings is 3. The zero-order valence-corrected chi connectivity index (χ0v) is 20.2. The third kappa shape index (κ3) is 4.84. The Morgan fingerprint density at radius 1 is 1.08 bits per heavy atom. The lowest BCUT2D eigenvalue weighted by Crippen LogP contribution is -2.48. The molecular formula is C29H29FN2O4. The standard InChI is InChI=1S/C29H29FN2O4/c1-35-22-14-10-20(11-15-22)27-26(28(33)31-17-23-5-4-16-36-23)24-6-2-3-7-25(24)29(34)32(27)18-19-8-12-21(30)13-9-19/h2-3,6-15,23,26-27H,4-5,16-18H2,1H3,(H,31,33)/t23-,26-,27-/m1/s1. The van der Waals surface area contributed by atoms with Gasteiger partial charge in [-0.15, -0.1) is 0 Å². The van der Waals surface area contributed by atoms with E-state index < -0.39 is 12.0 Å². The summed E-state index contributed by atoms with van der Waals surface area (Å²) in [6, 6.07) is 20.3. The first-order valence-electron chi connectivity index (χ1n) is 12.2. The molecular weight excluding hydrogens is 459 g/mol. The van der Waals surface area contributed by atoms with E-state index in [-0.39, 0.29) is 30.3 Å². The summed E-state index contributed by atoms with van der Waals surface area (Å²) < 4.78 is 24.6. The first kappa shape index (κ1) is 24.0. The fourth-order valence-electron chi connectivity index (χ4n) is 5.14. The maximum absolute atomic E-state index is 13.8. The molecule has 0 spiro atoms. The van der Waals surface area contributed by atoms with Gasteiger partial charge in [-0.2, -0.15) is 0 Å². The number of ether oxygens (including phenoxy) is 2. The van der Waals surface area contributed by atoms with E-state index in [0.29, 0.717) is 30.0 Å². The first-order valence-corrected chi connectivity index (χ1v) is 12.2. The highest BCUT2D eigenvalue weighted by Crippen LogP contribution is 2.44. The SMILES string of the molecule is COc1ccc([C@@H]2[C@H](C(=O)NC[C@H]3CCCO3)c3ccccc3C(=O)N2Cc2ccc(F)cc2)cc1. The van der Waals surface area contributed by atoms with Gasteiger partial charge in [0, 0.05) is 25.3 Å². The lowest BCUT2D eigenvalue weighted by Gasteiger charge is -2.42. The number of rotatable bonds is 7. The molecule has 7 heteroatoms. The molecule has 2 amide bonds. The van der Waals surface area contributed by atoms with Crippen molar-refractivity contribution in [1.82, 2.24) is 10.2 Å². The molecule has 1 saturated heterocycles. The van der Waals surface area contributed by atoms with Crippen LogP contribution in [0.4, 0.5) is 4.39 Å². The van der Waals surface area contributed by atoms with Gasteiger partial charge in [0.15, 0.2) is 0 Å². The van der Waals surface area contributed by atoms with Gasteiger partial charge in [-0.1, -0.05) is 42.5 Å². The minimum Gasteiger partial charge on any atom is -0.497 e. The van der Waals surface area contributed by atoms with Crippen molar-refractivity contribution in [3.05, 3.63) is 101 Å². The molecule has 1 N–H and O–H groups in total. The fourth-order valence-corrected chi connectivity index (χ4v) is 5.14. The maximum atomic E-state index is 13.8. The molecule has 5 rings (SSSR count). The number of nitrogens with one attached hydrogen (secondary N) is 1. The summed E-state index contributed by atoms with van der Waals surface area (Å²) >= 11 is 0. The Kier molecular flexibility index (Phi) is 7.00. The van der Waals surface area contributed by atoms with Gasteiger partial charge in [0.05, 0.1) is 25.2 Å². The van der Waals surface area contributed by atoms with Crippen LogP contribution in [-0.2, 0) is 16.1 Å².